The van der Waals surface area contributed by atoms with E-state index in [1.165, 1.54) is 0 Å². The van der Waals surface area contributed by atoms with Gasteiger partial charge in [-0.05, 0) is 77.7 Å². The monoisotopic (exact) mass is 554 g/mol. The van der Waals surface area contributed by atoms with E-state index >= 15 is 0 Å². The highest BCUT2D eigenvalue weighted by molar-refractivity contribution is 9.10. The second-order valence-electron chi connectivity index (χ2n) is 7.68. The van der Waals surface area contributed by atoms with Crippen LogP contribution in [0.3, 0.4) is 0 Å². The molecule has 0 unspecified atom stereocenters. The molecule has 0 aliphatic carbocycles. The standard InChI is InChI=1S/C28H31BrN2O5/c1-4-14-35-24-13-12-22(17-25(24)33-5-2)28(32)31-30-18-21-15-23(29)27(26(16-21)34-6-3)36-19-20-10-8-7-9-11-20/h7-13,15-18H,4-6,14,19H2,1-3H3,(H,31,32)/b30-18+. The Kier molecular flexibility index (Phi) is 10.6. The highest BCUT2D eigenvalue weighted by atomic mass is 79.9. The Bertz CT molecular complexity index is 1170. The summed E-state index contributed by atoms with van der Waals surface area (Å²) < 4.78 is 23.9. The Labute approximate surface area is 220 Å². The maximum Gasteiger partial charge on any atom is 0.271 e. The molecule has 0 aliphatic heterocycles. The first-order chi connectivity index (χ1) is 17.5. The molecule has 36 heavy (non-hydrogen) atoms. The number of carbonyl (C=O) groups excluding carboxylic acids is 1. The summed E-state index contributed by atoms with van der Waals surface area (Å²) in [4.78, 5) is 12.7. The molecule has 0 spiro atoms. The normalized spacial score (nSPS) is 10.8. The summed E-state index contributed by atoms with van der Waals surface area (Å²) in [5, 5.41) is 4.12. The van der Waals surface area contributed by atoms with Crippen LogP contribution in [-0.2, 0) is 6.61 Å². The first-order valence-electron chi connectivity index (χ1n) is 11.9. The van der Waals surface area contributed by atoms with Gasteiger partial charge in [-0.3, -0.25) is 4.79 Å². The van der Waals surface area contributed by atoms with Crippen LogP contribution < -0.4 is 24.4 Å². The number of benzene rings is 3. The van der Waals surface area contributed by atoms with Crippen molar-refractivity contribution in [3.63, 3.8) is 0 Å². The quantitative estimate of drug-likeness (QED) is 0.196. The average Bonchev–Trinajstić information content (AvgIpc) is 2.88. The number of hydrogen-bond acceptors (Lipinski definition) is 6. The minimum atomic E-state index is -0.360. The SMILES string of the molecule is CCCOc1ccc(C(=O)N/N=C/c2cc(Br)c(OCc3ccccc3)c(OCC)c2)cc1OCC. The molecule has 190 valence electrons. The lowest BCUT2D eigenvalue weighted by Crippen LogP contribution is -2.17. The Hall–Kier alpha value is -3.52. The number of nitrogens with one attached hydrogen (secondary N) is 1. The number of amides is 1. The van der Waals surface area contributed by atoms with Crippen molar-refractivity contribution in [3.8, 4) is 23.0 Å². The predicted molar refractivity (Wildman–Crippen MR) is 145 cm³/mol. The molecule has 0 fully saturated rings. The average molecular weight is 555 g/mol. The molecule has 1 N–H and O–H groups in total. The van der Waals surface area contributed by atoms with E-state index < -0.39 is 0 Å². The van der Waals surface area contributed by atoms with Crippen molar-refractivity contribution in [3.05, 3.63) is 81.8 Å². The molecular weight excluding hydrogens is 524 g/mol. The lowest BCUT2D eigenvalue weighted by molar-refractivity contribution is 0.0954. The second-order valence-corrected chi connectivity index (χ2v) is 8.53. The van der Waals surface area contributed by atoms with Gasteiger partial charge in [-0.1, -0.05) is 37.3 Å². The lowest BCUT2D eigenvalue weighted by Gasteiger charge is -2.14. The fourth-order valence-corrected chi connectivity index (χ4v) is 3.85. The number of carbonyl (C=O) groups is 1. The highest BCUT2D eigenvalue weighted by Gasteiger charge is 2.13. The predicted octanol–water partition coefficient (Wildman–Crippen LogP) is 6.38. The van der Waals surface area contributed by atoms with Crippen LogP contribution in [0.4, 0.5) is 0 Å². The van der Waals surface area contributed by atoms with Crippen LogP contribution in [0.2, 0.25) is 0 Å². The molecule has 0 heterocycles. The van der Waals surface area contributed by atoms with Crippen molar-refractivity contribution >= 4 is 28.1 Å². The van der Waals surface area contributed by atoms with Crippen molar-refractivity contribution in [2.75, 3.05) is 19.8 Å². The molecule has 8 heteroatoms. The number of hydrogen-bond donors (Lipinski definition) is 1. The highest BCUT2D eigenvalue weighted by Crippen LogP contribution is 2.37. The summed E-state index contributed by atoms with van der Waals surface area (Å²) in [7, 11) is 0. The van der Waals surface area contributed by atoms with Crippen LogP contribution in [0.15, 0.2) is 70.2 Å². The Morgan fingerprint density at radius 1 is 0.889 bits per heavy atom. The van der Waals surface area contributed by atoms with Crippen LogP contribution in [0.5, 0.6) is 23.0 Å². The van der Waals surface area contributed by atoms with E-state index in [9.17, 15) is 4.79 Å². The number of ether oxygens (including phenoxy) is 4. The molecule has 0 saturated heterocycles. The molecule has 3 aromatic carbocycles. The van der Waals surface area contributed by atoms with Crippen LogP contribution in [0, 0.1) is 0 Å². The van der Waals surface area contributed by atoms with E-state index in [1.807, 2.05) is 63.2 Å². The molecule has 0 radical (unpaired) electrons. The zero-order valence-electron chi connectivity index (χ0n) is 20.8. The van der Waals surface area contributed by atoms with Gasteiger partial charge in [0.2, 0.25) is 0 Å². The Morgan fingerprint density at radius 2 is 1.64 bits per heavy atom. The van der Waals surface area contributed by atoms with Crippen molar-refractivity contribution in [2.45, 2.75) is 33.8 Å². The third-order valence-electron chi connectivity index (χ3n) is 4.90. The molecule has 0 aromatic heterocycles. The van der Waals surface area contributed by atoms with Crippen molar-refractivity contribution < 1.29 is 23.7 Å². The summed E-state index contributed by atoms with van der Waals surface area (Å²) in [6.07, 6.45) is 2.43. The molecule has 0 saturated carbocycles. The molecule has 0 atom stereocenters. The van der Waals surface area contributed by atoms with Crippen LogP contribution in [0.25, 0.3) is 0 Å². The van der Waals surface area contributed by atoms with Crippen LogP contribution in [0.1, 0.15) is 48.7 Å². The van der Waals surface area contributed by atoms with Crippen molar-refractivity contribution in [1.82, 2.24) is 5.43 Å². The maximum atomic E-state index is 12.7. The van der Waals surface area contributed by atoms with Gasteiger partial charge in [-0.25, -0.2) is 5.43 Å². The van der Waals surface area contributed by atoms with E-state index in [-0.39, 0.29) is 5.91 Å². The summed E-state index contributed by atoms with van der Waals surface area (Å²) >= 11 is 3.57. The number of nitrogens with zero attached hydrogens (tertiary/aromatic N) is 1. The molecule has 3 rings (SSSR count). The molecular formula is C28H31BrN2O5. The van der Waals surface area contributed by atoms with Gasteiger partial charge in [0.1, 0.15) is 6.61 Å². The summed E-state index contributed by atoms with van der Waals surface area (Å²) in [6, 6.07) is 18.6. The van der Waals surface area contributed by atoms with E-state index in [0.717, 1.165) is 22.0 Å². The third kappa shape index (κ3) is 7.75. The lowest BCUT2D eigenvalue weighted by atomic mass is 10.2. The molecule has 1 amide bonds. The molecule has 0 aliphatic rings. The van der Waals surface area contributed by atoms with E-state index in [2.05, 4.69) is 26.5 Å². The van der Waals surface area contributed by atoms with Gasteiger partial charge in [0.15, 0.2) is 23.0 Å². The van der Waals surface area contributed by atoms with Gasteiger partial charge in [0.05, 0.1) is 30.5 Å². The van der Waals surface area contributed by atoms with Gasteiger partial charge in [0, 0.05) is 5.56 Å². The first-order valence-corrected chi connectivity index (χ1v) is 12.7. The van der Waals surface area contributed by atoms with Crippen molar-refractivity contribution in [1.29, 1.82) is 0 Å². The largest absolute Gasteiger partial charge is 0.490 e. The van der Waals surface area contributed by atoms with Gasteiger partial charge in [-0.15, -0.1) is 0 Å². The molecule has 7 nitrogen and oxygen atoms in total. The minimum Gasteiger partial charge on any atom is -0.490 e. The van der Waals surface area contributed by atoms with Crippen LogP contribution >= 0.6 is 15.9 Å². The second kappa shape index (κ2) is 14.1. The third-order valence-corrected chi connectivity index (χ3v) is 5.49. The maximum absolute atomic E-state index is 12.7. The summed E-state index contributed by atoms with van der Waals surface area (Å²) in [5.41, 5.74) is 4.76. The van der Waals surface area contributed by atoms with E-state index in [1.54, 1.807) is 24.4 Å². The zero-order chi connectivity index (χ0) is 25.8. The Balaban J connectivity index is 1.70. The minimum absolute atomic E-state index is 0.360. The van der Waals surface area contributed by atoms with E-state index in [4.69, 9.17) is 18.9 Å². The molecule has 3 aromatic rings. The van der Waals surface area contributed by atoms with Gasteiger partial charge < -0.3 is 18.9 Å². The first kappa shape index (κ1) is 27.1. The smallest absolute Gasteiger partial charge is 0.271 e. The Morgan fingerprint density at radius 3 is 2.36 bits per heavy atom. The topological polar surface area (TPSA) is 78.4 Å². The number of rotatable bonds is 13. The number of hydrazone groups is 1. The summed E-state index contributed by atoms with van der Waals surface area (Å²) in [6.45, 7) is 7.75. The van der Waals surface area contributed by atoms with Crippen molar-refractivity contribution in [2.24, 2.45) is 5.10 Å². The summed E-state index contributed by atoms with van der Waals surface area (Å²) in [5.74, 6) is 1.97. The van der Waals surface area contributed by atoms with E-state index in [0.29, 0.717) is 55.0 Å². The van der Waals surface area contributed by atoms with Gasteiger partial charge >= 0.3 is 0 Å². The number of halogens is 1. The van der Waals surface area contributed by atoms with Gasteiger partial charge in [0.25, 0.3) is 5.91 Å². The van der Waals surface area contributed by atoms with Crippen LogP contribution in [-0.4, -0.2) is 31.9 Å². The molecule has 0 bridgehead atoms. The fourth-order valence-electron chi connectivity index (χ4n) is 3.27. The fraction of sp³-hybridized carbons (Fsp3) is 0.286. The zero-order valence-corrected chi connectivity index (χ0v) is 22.3. The van der Waals surface area contributed by atoms with Gasteiger partial charge in [-0.2, -0.15) is 5.10 Å².